The first-order valence-electron chi connectivity index (χ1n) is 4.92. The molecule has 0 fully saturated rings. The smallest absolute Gasteiger partial charge is 0.172 e. The lowest BCUT2D eigenvalue weighted by molar-refractivity contribution is -0.123. The summed E-state index contributed by atoms with van der Waals surface area (Å²) in [6, 6.07) is 5.74. The third-order valence-corrected chi connectivity index (χ3v) is 2.64. The number of hydrogen-bond acceptors (Lipinski definition) is 2. The van der Waals surface area contributed by atoms with Crippen LogP contribution in [0.3, 0.4) is 0 Å². The molecule has 0 heterocycles. The van der Waals surface area contributed by atoms with Crippen LogP contribution in [0.1, 0.15) is 19.4 Å². The summed E-state index contributed by atoms with van der Waals surface area (Å²) >= 11 is 3.38. The largest absolute Gasteiger partial charge is 0.486 e. The van der Waals surface area contributed by atoms with E-state index in [1.54, 1.807) is 0 Å². The summed E-state index contributed by atoms with van der Waals surface area (Å²) in [5.74, 6) is 0.922. The second kappa shape index (κ2) is 5.31. The van der Waals surface area contributed by atoms with Gasteiger partial charge in [0.2, 0.25) is 0 Å². The minimum Gasteiger partial charge on any atom is -0.486 e. The van der Waals surface area contributed by atoms with Gasteiger partial charge in [-0.05, 0) is 30.7 Å². The second-order valence-electron chi connectivity index (χ2n) is 3.82. The quantitative estimate of drug-likeness (QED) is 0.839. The molecule has 1 aromatic carbocycles. The molecule has 1 aromatic rings. The normalized spacial score (nSPS) is 10.5. The summed E-state index contributed by atoms with van der Waals surface area (Å²) in [6.07, 6.45) is 0. The van der Waals surface area contributed by atoms with E-state index in [1.165, 1.54) is 0 Å². The van der Waals surface area contributed by atoms with Gasteiger partial charge in [-0.1, -0.05) is 29.8 Å². The van der Waals surface area contributed by atoms with Crippen LogP contribution >= 0.6 is 15.9 Å². The third-order valence-electron chi connectivity index (χ3n) is 2.15. The fourth-order valence-corrected chi connectivity index (χ4v) is 1.57. The number of aryl methyl sites for hydroxylation is 1. The van der Waals surface area contributed by atoms with E-state index in [0.29, 0.717) is 0 Å². The molecule has 0 saturated heterocycles. The fraction of sp³-hybridized carbons (Fsp3) is 0.417. The Hall–Kier alpha value is -0.830. The van der Waals surface area contributed by atoms with Gasteiger partial charge < -0.3 is 4.74 Å². The van der Waals surface area contributed by atoms with Crippen LogP contribution in [0, 0.1) is 12.8 Å². The van der Waals surface area contributed by atoms with Crippen LogP contribution in [0.5, 0.6) is 5.75 Å². The maximum absolute atomic E-state index is 11.4. The summed E-state index contributed by atoms with van der Waals surface area (Å²) in [6.45, 7) is 5.86. The Labute approximate surface area is 98.8 Å². The average Bonchev–Trinajstić information content (AvgIpc) is 2.15. The predicted octanol–water partition coefficient (Wildman–Crippen LogP) is 3.36. The van der Waals surface area contributed by atoms with Gasteiger partial charge in [0, 0.05) is 10.4 Å². The van der Waals surface area contributed by atoms with Crippen LogP contribution in [0.15, 0.2) is 22.7 Å². The van der Waals surface area contributed by atoms with Gasteiger partial charge in [0.15, 0.2) is 5.78 Å². The molecule has 0 unspecified atom stereocenters. The first kappa shape index (κ1) is 12.2. The van der Waals surface area contributed by atoms with Gasteiger partial charge in [0.25, 0.3) is 0 Å². The Morgan fingerprint density at radius 1 is 1.47 bits per heavy atom. The van der Waals surface area contributed by atoms with E-state index < -0.39 is 0 Å². The number of benzene rings is 1. The highest BCUT2D eigenvalue weighted by Gasteiger charge is 2.08. The van der Waals surface area contributed by atoms with Crippen molar-refractivity contribution in [2.45, 2.75) is 20.8 Å². The molecule has 0 aliphatic carbocycles. The number of Topliss-reactive ketones (excluding diaryl/α,β-unsaturated/α-hetero) is 1. The van der Waals surface area contributed by atoms with Crippen LogP contribution in [0.25, 0.3) is 0 Å². The Morgan fingerprint density at radius 3 is 2.67 bits per heavy atom. The second-order valence-corrected chi connectivity index (χ2v) is 4.74. The molecular weight excluding hydrogens is 256 g/mol. The predicted molar refractivity (Wildman–Crippen MR) is 64.2 cm³/mol. The van der Waals surface area contributed by atoms with Gasteiger partial charge in [-0.2, -0.15) is 0 Å². The summed E-state index contributed by atoms with van der Waals surface area (Å²) < 4.78 is 6.46. The Bertz CT molecular complexity index is 359. The van der Waals surface area contributed by atoms with Crippen molar-refractivity contribution >= 4 is 21.7 Å². The van der Waals surface area contributed by atoms with Gasteiger partial charge in [-0.15, -0.1) is 0 Å². The molecule has 0 radical (unpaired) electrons. The van der Waals surface area contributed by atoms with Crippen LogP contribution in [-0.2, 0) is 4.79 Å². The van der Waals surface area contributed by atoms with Gasteiger partial charge in [-0.25, -0.2) is 0 Å². The molecule has 0 aliphatic rings. The summed E-state index contributed by atoms with van der Waals surface area (Å²) in [4.78, 5) is 11.4. The van der Waals surface area contributed by atoms with E-state index in [4.69, 9.17) is 4.74 Å². The Balaban J connectivity index is 2.62. The molecule has 2 nitrogen and oxygen atoms in total. The van der Waals surface area contributed by atoms with E-state index >= 15 is 0 Å². The number of carbonyl (C=O) groups is 1. The first-order chi connectivity index (χ1) is 7.00. The SMILES string of the molecule is Cc1cc(Br)ccc1OCC(=O)C(C)C. The van der Waals surface area contributed by atoms with E-state index in [2.05, 4.69) is 15.9 Å². The molecule has 0 atom stereocenters. The number of ketones is 1. The molecule has 15 heavy (non-hydrogen) atoms. The van der Waals surface area contributed by atoms with Crippen molar-refractivity contribution in [1.29, 1.82) is 0 Å². The van der Waals surface area contributed by atoms with Crippen molar-refractivity contribution in [2.24, 2.45) is 5.92 Å². The minimum atomic E-state index is 0.0285. The molecule has 0 aromatic heterocycles. The van der Waals surface area contributed by atoms with Gasteiger partial charge in [0.1, 0.15) is 12.4 Å². The molecule has 1 rings (SSSR count). The standard InChI is InChI=1S/C12H15BrO2/c1-8(2)11(14)7-15-12-5-4-10(13)6-9(12)3/h4-6,8H,7H2,1-3H3. The van der Waals surface area contributed by atoms with E-state index in [0.717, 1.165) is 15.8 Å². The van der Waals surface area contributed by atoms with Crippen molar-refractivity contribution in [3.05, 3.63) is 28.2 Å². The van der Waals surface area contributed by atoms with Crippen molar-refractivity contribution in [2.75, 3.05) is 6.61 Å². The van der Waals surface area contributed by atoms with Crippen LogP contribution < -0.4 is 4.74 Å². The minimum absolute atomic E-state index is 0.0285. The average molecular weight is 271 g/mol. The molecular formula is C12H15BrO2. The summed E-state index contributed by atoms with van der Waals surface area (Å²) in [7, 11) is 0. The highest BCUT2D eigenvalue weighted by Crippen LogP contribution is 2.22. The van der Waals surface area contributed by atoms with Crippen LogP contribution in [0.4, 0.5) is 0 Å². The zero-order valence-electron chi connectivity index (χ0n) is 9.21. The lowest BCUT2D eigenvalue weighted by Gasteiger charge is -2.09. The van der Waals surface area contributed by atoms with E-state index in [-0.39, 0.29) is 18.3 Å². The molecule has 0 aliphatic heterocycles. The number of carbonyl (C=O) groups excluding carboxylic acids is 1. The maximum atomic E-state index is 11.4. The zero-order chi connectivity index (χ0) is 11.4. The van der Waals surface area contributed by atoms with Gasteiger partial charge in [0.05, 0.1) is 0 Å². The number of rotatable bonds is 4. The highest BCUT2D eigenvalue weighted by atomic mass is 79.9. The number of hydrogen-bond donors (Lipinski definition) is 0. The van der Waals surface area contributed by atoms with E-state index in [9.17, 15) is 4.79 Å². The van der Waals surface area contributed by atoms with Crippen molar-refractivity contribution in [3.63, 3.8) is 0 Å². The van der Waals surface area contributed by atoms with Crippen molar-refractivity contribution in [1.82, 2.24) is 0 Å². The molecule has 0 saturated carbocycles. The topological polar surface area (TPSA) is 26.3 Å². The fourth-order valence-electron chi connectivity index (χ4n) is 1.09. The Morgan fingerprint density at radius 2 is 2.13 bits per heavy atom. The molecule has 82 valence electrons. The molecule has 0 bridgehead atoms. The van der Waals surface area contributed by atoms with Crippen LogP contribution in [0.2, 0.25) is 0 Å². The van der Waals surface area contributed by atoms with Crippen molar-refractivity contribution < 1.29 is 9.53 Å². The van der Waals surface area contributed by atoms with Crippen molar-refractivity contribution in [3.8, 4) is 5.75 Å². The lowest BCUT2D eigenvalue weighted by atomic mass is 10.1. The Kier molecular flexibility index (Phi) is 4.33. The highest BCUT2D eigenvalue weighted by molar-refractivity contribution is 9.10. The molecule has 0 N–H and O–H groups in total. The molecule has 0 spiro atoms. The van der Waals surface area contributed by atoms with Gasteiger partial charge in [-0.3, -0.25) is 4.79 Å². The first-order valence-corrected chi connectivity index (χ1v) is 5.71. The van der Waals surface area contributed by atoms with Gasteiger partial charge >= 0.3 is 0 Å². The summed E-state index contributed by atoms with van der Waals surface area (Å²) in [5.41, 5.74) is 1.03. The summed E-state index contributed by atoms with van der Waals surface area (Å²) in [5, 5.41) is 0. The lowest BCUT2D eigenvalue weighted by Crippen LogP contribution is -2.17. The van der Waals surface area contributed by atoms with E-state index in [1.807, 2.05) is 39.0 Å². The number of halogens is 1. The third kappa shape index (κ3) is 3.67. The van der Waals surface area contributed by atoms with Crippen LogP contribution in [-0.4, -0.2) is 12.4 Å². The molecule has 0 amide bonds. The number of ether oxygens (including phenoxy) is 1. The zero-order valence-corrected chi connectivity index (χ0v) is 10.8. The maximum Gasteiger partial charge on any atom is 0.172 e. The monoisotopic (exact) mass is 270 g/mol. The molecule has 3 heteroatoms.